The lowest BCUT2D eigenvalue weighted by Gasteiger charge is -2.24. The molecule has 0 aliphatic carbocycles. The highest BCUT2D eigenvalue weighted by atomic mass is 32.2. The van der Waals surface area contributed by atoms with Crippen molar-refractivity contribution in [1.29, 1.82) is 0 Å². The van der Waals surface area contributed by atoms with E-state index in [0.717, 1.165) is 18.5 Å². The topological polar surface area (TPSA) is 102 Å². The van der Waals surface area contributed by atoms with Crippen LogP contribution in [0.4, 0.5) is 4.79 Å². The molecule has 17 heavy (non-hydrogen) atoms. The van der Waals surface area contributed by atoms with Gasteiger partial charge < -0.3 is 9.47 Å². The molecule has 0 aliphatic rings. The SMILES string of the molecule is COC(=O)CN(C(C)C)S(=O)(=O)NC(=O)OC. The molecule has 0 saturated heterocycles. The van der Waals surface area contributed by atoms with Crippen molar-refractivity contribution in [2.24, 2.45) is 0 Å². The normalized spacial score (nSPS) is 11.4. The zero-order valence-corrected chi connectivity index (χ0v) is 10.9. The Labute approximate surface area is 100 Å². The van der Waals surface area contributed by atoms with Crippen molar-refractivity contribution in [3.63, 3.8) is 0 Å². The predicted octanol–water partition coefficient (Wildman–Crippen LogP) is -0.529. The fraction of sp³-hybridized carbons (Fsp3) is 0.750. The van der Waals surface area contributed by atoms with E-state index in [0.29, 0.717) is 0 Å². The van der Waals surface area contributed by atoms with Crippen molar-refractivity contribution in [1.82, 2.24) is 9.03 Å². The van der Waals surface area contributed by atoms with Crippen LogP contribution in [0.2, 0.25) is 0 Å². The molecule has 0 saturated carbocycles. The molecule has 0 aliphatic heterocycles. The highest BCUT2D eigenvalue weighted by Gasteiger charge is 2.29. The third kappa shape index (κ3) is 5.00. The summed E-state index contributed by atoms with van der Waals surface area (Å²) in [5.74, 6) is -0.728. The Morgan fingerprint density at radius 2 is 1.76 bits per heavy atom. The van der Waals surface area contributed by atoms with E-state index in [1.165, 1.54) is 0 Å². The number of hydrogen-bond acceptors (Lipinski definition) is 6. The first-order chi connectivity index (χ1) is 7.74. The smallest absolute Gasteiger partial charge is 0.421 e. The minimum Gasteiger partial charge on any atom is -0.468 e. The summed E-state index contributed by atoms with van der Waals surface area (Å²) in [6, 6.07) is -0.517. The number of carbonyl (C=O) groups is 2. The summed E-state index contributed by atoms with van der Waals surface area (Å²) in [7, 11) is -1.96. The molecule has 0 atom stereocenters. The summed E-state index contributed by atoms with van der Waals surface area (Å²) in [5, 5.41) is 0. The summed E-state index contributed by atoms with van der Waals surface area (Å²) in [4.78, 5) is 21.9. The number of rotatable bonds is 5. The molecule has 0 heterocycles. The molecule has 0 aromatic rings. The summed E-state index contributed by atoms with van der Waals surface area (Å²) < 4.78 is 34.4. The fourth-order valence-electron chi connectivity index (χ4n) is 0.942. The van der Waals surface area contributed by atoms with Gasteiger partial charge in [-0.15, -0.1) is 0 Å². The zero-order chi connectivity index (χ0) is 13.6. The summed E-state index contributed by atoms with van der Waals surface area (Å²) >= 11 is 0. The minimum atomic E-state index is -4.13. The van der Waals surface area contributed by atoms with Crippen LogP contribution in [-0.2, 0) is 24.5 Å². The van der Waals surface area contributed by atoms with Crippen LogP contribution in [0.25, 0.3) is 0 Å². The monoisotopic (exact) mass is 268 g/mol. The molecule has 0 fully saturated rings. The van der Waals surface area contributed by atoms with Gasteiger partial charge in [0.2, 0.25) is 0 Å². The Morgan fingerprint density at radius 3 is 2.12 bits per heavy atom. The minimum absolute atomic E-state index is 0.486. The highest BCUT2D eigenvalue weighted by molar-refractivity contribution is 7.87. The van der Waals surface area contributed by atoms with Crippen LogP contribution < -0.4 is 4.72 Å². The van der Waals surface area contributed by atoms with E-state index in [4.69, 9.17) is 0 Å². The Bertz CT molecular complexity index is 377. The Morgan fingerprint density at radius 1 is 1.24 bits per heavy atom. The number of ether oxygens (including phenoxy) is 2. The maximum atomic E-state index is 11.7. The second-order valence-corrected chi connectivity index (χ2v) is 4.94. The molecule has 8 nitrogen and oxygen atoms in total. The zero-order valence-electron chi connectivity index (χ0n) is 10.1. The summed E-state index contributed by atoms with van der Waals surface area (Å²) in [6.45, 7) is 2.62. The lowest BCUT2D eigenvalue weighted by atomic mass is 10.4. The first kappa shape index (κ1) is 15.7. The van der Waals surface area contributed by atoms with Crippen molar-refractivity contribution in [3.8, 4) is 0 Å². The van der Waals surface area contributed by atoms with Gasteiger partial charge in [-0.1, -0.05) is 0 Å². The molecular formula is C8H16N2O6S. The third-order valence-corrected chi connectivity index (χ3v) is 3.39. The first-order valence-corrected chi connectivity index (χ1v) is 6.13. The molecule has 0 rings (SSSR count). The van der Waals surface area contributed by atoms with Crippen LogP contribution >= 0.6 is 0 Å². The quantitative estimate of drug-likeness (QED) is 0.672. The first-order valence-electron chi connectivity index (χ1n) is 4.69. The Hall–Kier alpha value is -1.35. The number of esters is 1. The van der Waals surface area contributed by atoms with E-state index >= 15 is 0 Å². The molecule has 0 unspecified atom stereocenters. The van der Waals surface area contributed by atoms with Gasteiger partial charge in [-0.3, -0.25) is 4.79 Å². The number of nitrogens with zero attached hydrogens (tertiary/aromatic N) is 1. The van der Waals surface area contributed by atoms with E-state index in [1.807, 2.05) is 0 Å². The van der Waals surface area contributed by atoms with Gasteiger partial charge in [0.05, 0.1) is 14.2 Å². The lowest BCUT2D eigenvalue weighted by Crippen LogP contribution is -2.48. The molecule has 1 N–H and O–H groups in total. The van der Waals surface area contributed by atoms with Crippen molar-refractivity contribution in [2.45, 2.75) is 19.9 Å². The molecule has 0 aromatic heterocycles. The van der Waals surface area contributed by atoms with E-state index in [1.54, 1.807) is 18.6 Å². The maximum Gasteiger partial charge on any atom is 0.421 e. The molecule has 1 amide bonds. The van der Waals surface area contributed by atoms with Crippen molar-refractivity contribution >= 4 is 22.3 Å². The second-order valence-electron chi connectivity index (χ2n) is 3.31. The summed E-state index contributed by atoms with van der Waals surface area (Å²) in [5.41, 5.74) is 0. The van der Waals surface area contributed by atoms with Crippen molar-refractivity contribution in [2.75, 3.05) is 20.8 Å². The van der Waals surface area contributed by atoms with Gasteiger partial charge >= 0.3 is 22.3 Å². The fourth-order valence-corrected chi connectivity index (χ4v) is 2.18. The van der Waals surface area contributed by atoms with E-state index in [9.17, 15) is 18.0 Å². The van der Waals surface area contributed by atoms with Crippen LogP contribution in [-0.4, -0.2) is 51.6 Å². The van der Waals surface area contributed by atoms with Gasteiger partial charge in [-0.05, 0) is 13.8 Å². The summed E-state index contributed by atoms with van der Waals surface area (Å²) in [6.07, 6.45) is -1.12. The van der Waals surface area contributed by atoms with E-state index in [-0.39, 0.29) is 0 Å². The number of carbonyl (C=O) groups excluding carboxylic acids is 2. The van der Waals surface area contributed by atoms with Crippen molar-refractivity contribution < 1.29 is 27.5 Å². The van der Waals surface area contributed by atoms with Crippen LogP contribution in [0.15, 0.2) is 0 Å². The Balaban J connectivity index is 4.92. The molecule has 9 heteroatoms. The average molecular weight is 268 g/mol. The van der Waals surface area contributed by atoms with Gasteiger partial charge in [-0.2, -0.15) is 12.7 Å². The largest absolute Gasteiger partial charge is 0.468 e. The van der Waals surface area contributed by atoms with E-state index in [2.05, 4.69) is 9.47 Å². The molecule has 0 spiro atoms. The maximum absolute atomic E-state index is 11.7. The second kappa shape index (κ2) is 6.40. The van der Waals surface area contributed by atoms with Gasteiger partial charge in [0.25, 0.3) is 0 Å². The van der Waals surface area contributed by atoms with Crippen molar-refractivity contribution in [3.05, 3.63) is 0 Å². The standard InChI is InChI=1S/C8H16N2O6S/c1-6(2)10(5-7(11)15-3)17(13,14)9-8(12)16-4/h6H,5H2,1-4H3,(H,9,12). The van der Waals surface area contributed by atoms with E-state index < -0.39 is 34.9 Å². The van der Waals surface area contributed by atoms with Crippen LogP contribution in [0.3, 0.4) is 0 Å². The number of nitrogens with one attached hydrogen (secondary N) is 1. The number of hydrogen-bond donors (Lipinski definition) is 1. The molecule has 0 bridgehead atoms. The Kier molecular flexibility index (Phi) is 5.89. The van der Waals surface area contributed by atoms with Gasteiger partial charge in [0.1, 0.15) is 6.54 Å². The average Bonchev–Trinajstić information content (AvgIpc) is 2.23. The third-order valence-electron chi connectivity index (χ3n) is 1.80. The van der Waals surface area contributed by atoms with Crippen LogP contribution in [0, 0.1) is 0 Å². The molecule has 0 aromatic carbocycles. The molecule has 100 valence electrons. The lowest BCUT2D eigenvalue weighted by molar-refractivity contribution is -0.141. The van der Waals surface area contributed by atoms with Gasteiger partial charge in [-0.25, -0.2) is 9.52 Å². The van der Waals surface area contributed by atoms with Crippen LogP contribution in [0.1, 0.15) is 13.8 Å². The van der Waals surface area contributed by atoms with Gasteiger partial charge in [0, 0.05) is 6.04 Å². The van der Waals surface area contributed by atoms with Gasteiger partial charge in [0.15, 0.2) is 0 Å². The highest BCUT2D eigenvalue weighted by Crippen LogP contribution is 2.05. The predicted molar refractivity (Wildman–Crippen MR) is 58.3 cm³/mol. The number of methoxy groups -OCH3 is 2. The molecular weight excluding hydrogens is 252 g/mol. The molecule has 0 radical (unpaired) electrons. The number of amides is 1. The van der Waals surface area contributed by atoms with Crippen LogP contribution in [0.5, 0.6) is 0 Å².